The summed E-state index contributed by atoms with van der Waals surface area (Å²) in [7, 11) is 0. The summed E-state index contributed by atoms with van der Waals surface area (Å²) in [6, 6.07) is 10.5. The molecule has 0 aromatic heterocycles. The molecule has 2 unspecified atom stereocenters. The molecule has 1 heterocycles. The van der Waals surface area contributed by atoms with Crippen LogP contribution in [0.5, 0.6) is 0 Å². The lowest BCUT2D eigenvalue weighted by atomic mass is 9.85. The fourth-order valence-corrected chi connectivity index (χ4v) is 3.99. The van der Waals surface area contributed by atoms with Crippen LogP contribution in [0.25, 0.3) is 0 Å². The molecule has 1 amide bonds. The topological polar surface area (TPSA) is 55.6 Å². The molecular weight excluding hydrogens is 336 g/mol. The zero-order valence-electron chi connectivity index (χ0n) is 14.9. The van der Waals surface area contributed by atoms with E-state index in [2.05, 4.69) is 17.0 Å². The number of carbonyl (C=O) groups excluding carboxylic acids is 1. The number of halogens is 1. The molecule has 1 saturated heterocycles. The third-order valence-corrected chi connectivity index (χ3v) is 5.41. The number of benzene rings is 1. The predicted octanol–water partition coefficient (Wildman–Crippen LogP) is 3.38. The van der Waals surface area contributed by atoms with Crippen molar-refractivity contribution in [3.05, 3.63) is 35.9 Å². The largest absolute Gasteiger partial charge is 0.381 e. The molecule has 2 aliphatic rings. The molecule has 4 nitrogen and oxygen atoms in total. The fourth-order valence-electron chi connectivity index (χ4n) is 3.99. The highest BCUT2D eigenvalue weighted by atomic mass is 35.5. The molecule has 1 aromatic carbocycles. The molecule has 2 fully saturated rings. The summed E-state index contributed by atoms with van der Waals surface area (Å²) >= 11 is 0. The predicted molar refractivity (Wildman–Crippen MR) is 103 cm³/mol. The van der Waals surface area contributed by atoms with Gasteiger partial charge in [-0.25, -0.2) is 0 Å². The lowest BCUT2D eigenvalue weighted by molar-refractivity contribution is -0.138. The number of nitrogens with two attached hydrogens (primary N) is 1. The van der Waals surface area contributed by atoms with Gasteiger partial charge in [-0.1, -0.05) is 36.8 Å². The second kappa shape index (κ2) is 10.1. The minimum Gasteiger partial charge on any atom is -0.381 e. The van der Waals surface area contributed by atoms with Gasteiger partial charge in [-0.3, -0.25) is 4.79 Å². The van der Waals surface area contributed by atoms with Crippen molar-refractivity contribution >= 4 is 18.3 Å². The van der Waals surface area contributed by atoms with Gasteiger partial charge in [0.15, 0.2) is 0 Å². The van der Waals surface area contributed by atoms with Gasteiger partial charge in [0.1, 0.15) is 0 Å². The number of rotatable bonds is 5. The van der Waals surface area contributed by atoms with E-state index in [1.165, 1.54) is 5.56 Å². The number of hydrogen-bond acceptors (Lipinski definition) is 3. The van der Waals surface area contributed by atoms with Crippen molar-refractivity contribution < 1.29 is 9.53 Å². The maximum atomic E-state index is 13.2. The Kier molecular flexibility index (Phi) is 8.20. The normalized spacial score (nSPS) is 24.4. The van der Waals surface area contributed by atoms with Crippen molar-refractivity contribution in [3.63, 3.8) is 0 Å². The van der Waals surface area contributed by atoms with Crippen molar-refractivity contribution in [2.75, 3.05) is 19.8 Å². The van der Waals surface area contributed by atoms with Crippen LogP contribution in [0.2, 0.25) is 0 Å². The van der Waals surface area contributed by atoms with Gasteiger partial charge >= 0.3 is 0 Å². The number of carbonyl (C=O) groups is 1. The van der Waals surface area contributed by atoms with Gasteiger partial charge in [-0.05, 0) is 43.6 Å². The van der Waals surface area contributed by atoms with Gasteiger partial charge in [-0.2, -0.15) is 0 Å². The van der Waals surface area contributed by atoms with E-state index >= 15 is 0 Å². The van der Waals surface area contributed by atoms with Crippen molar-refractivity contribution in [1.82, 2.24) is 4.90 Å². The van der Waals surface area contributed by atoms with E-state index in [1.807, 2.05) is 18.2 Å². The Labute approximate surface area is 157 Å². The maximum absolute atomic E-state index is 13.2. The maximum Gasteiger partial charge on any atom is 0.226 e. The highest BCUT2D eigenvalue weighted by molar-refractivity contribution is 5.85. The average Bonchev–Trinajstić information content (AvgIpc) is 2.62. The molecule has 0 radical (unpaired) electrons. The first-order valence-electron chi connectivity index (χ1n) is 9.38. The Bertz CT molecular complexity index is 520. The number of hydrogen-bond donors (Lipinski definition) is 1. The lowest BCUT2D eigenvalue weighted by Gasteiger charge is -2.34. The van der Waals surface area contributed by atoms with Crippen LogP contribution >= 0.6 is 12.4 Å². The minimum absolute atomic E-state index is 0. The van der Waals surface area contributed by atoms with Gasteiger partial charge in [0, 0.05) is 38.3 Å². The van der Waals surface area contributed by atoms with Crippen LogP contribution in [-0.4, -0.2) is 36.6 Å². The van der Waals surface area contributed by atoms with Crippen LogP contribution in [0.15, 0.2) is 30.3 Å². The summed E-state index contributed by atoms with van der Waals surface area (Å²) in [5, 5.41) is 0. The van der Waals surface area contributed by atoms with Crippen LogP contribution in [-0.2, 0) is 16.1 Å². The van der Waals surface area contributed by atoms with Crippen LogP contribution < -0.4 is 5.73 Å². The molecular formula is C20H31ClN2O2. The Morgan fingerprint density at radius 1 is 1.12 bits per heavy atom. The summed E-state index contributed by atoms with van der Waals surface area (Å²) in [6.07, 6.45) is 6.09. The molecule has 25 heavy (non-hydrogen) atoms. The molecule has 3 rings (SSSR count). The first-order chi connectivity index (χ1) is 11.7. The zero-order valence-corrected chi connectivity index (χ0v) is 15.8. The summed E-state index contributed by atoms with van der Waals surface area (Å²) in [6.45, 7) is 3.21. The van der Waals surface area contributed by atoms with Gasteiger partial charge in [0.25, 0.3) is 0 Å². The van der Waals surface area contributed by atoms with E-state index in [0.29, 0.717) is 18.4 Å². The highest BCUT2D eigenvalue weighted by Crippen LogP contribution is 2.27. The van der Waals surface area contributed by atoms with Crippen LogP contribution in [0.4, 0.5) is 0 Å². The standard InChI is InChI=1S/C20H30N2O2.ClH/c21-19-8-4-7-18(13-19)20(23)22(14-16-5-2-1-3-6-16)15-17-9-11-24-12-10-17;/h1-3,5-6,17-19H,4,7-15,21H2;1H. The molecule has 0 bridgehead atoms. The van der Waals surface area contributed by atoms with E-state index in [4.69, 9.17) is 10.5 Å². The third-order valence-electron chi connectivity index (χ3n) is 5.41. The van der Waals surface area contributed by atoms with Crippen molar-refractivity contribution in [2.24, 2.45) is 17.6 Å². The average molecular weight is 367 g/mol. The molecule has 2 atom stereocenters. The number of amides is 1. The van der Waals surface area contributed by atoms with Gasteiger partial charge in [0.2, 0.25) is 5.91 Å². The molecule has 1 saturated carbocycles. The summed E-state index contributed by atoms with van der Waals surface area (Å²) in [4.78, 5) is 15.3. The van der Waals surface area contributed by atoms with Gasteiger partial charge in [-0.15, -0.1) is 12.4 Å². The zero-order chi connectivity index (χ0) is 16.8. The highest BCUT2D eigenvalue weighted by Gasteiger charge is 2.30. The van der Waals surface area contributed by atoms with Crippen molar-refractivity contribution in [1.29, 1.82) is 0 Å². The molecule has 2 N–H and O–H groups in total. The Hall–Kier alpha value is -1.10. The Morgan fingerprint density at radius 2 is 1.84 bits per heavy atom. The quantitative estimate of drug-likeness (QED) is 0.869. The van der Waals surface area contributed by atoms with Crippen molar-refractivity contribution in [2.45, 2.75) is 51.1 Å². The first-order valence-corrected chi connectivity index (χ1v) is 9.38. The summed E-state index contributed by atoms with van der Waals surface area (Å²) < 4.78 is 5.47. The van der Waals surface area contributed by atoms with Gasteiger partial charge in [0.05, 0.1) is 0 Å². The summed E-state index contributed by atoms with van der Waals surface area (Å²) in [5.74, 6) is 0.974. The fraction of sp³-hybridized carbons (Fsp3) is 0.650. The van der Waals surface area contributed by atoms with Crippen molar-refractivity contribution in [3.8, 4) is 0 Å². The minimum atomic E-state index is 0. The number of ether oxygens (including phenoxy) is 1. The lowest BCUT2D eigenvalue weighted by Crippen LogP contribution is -2.43. The second-order valence-electron chi connectivity index (χ2n) is 7.38. The Balaban J connectivity index is 0.00000225. The van der Waals surface area contributed by atoms with Crippen LogP contribution in [0.3, 0.4) is 0 Å². The molecule has 140 valence electrons. The first kappa shape index (κ1) is 20.2. The van der Waals surface area contributed by atoms with E-state index in [0.717, 1.165) is 58.3 Å². The molecule has 1 aliphatic heterocycles. The second-order valence-corrected chi connectivity index (χ2v) is 7.38. The molecule has 1 aliphatic carbocycles. The molecule has 1 aromatic rings. The smallest absolute Gasteiger partial charge is 0.226 e. The van der Waals surface area contributed by atoms with E-state index in [-0.39, 0.29) is 24.4 Å². The van der Waals surface area contributed by atoms with E-state index in [9.17, 15) is 4.79 Å². The monoisotopic (exact) mass is 366 g/mol. The molecule has 5 heteroatoms. The number of nitrogens with zero attached hydrogens (tertiary/aromatic N) is 1. The van der Waals surface area contributed by atoms with Crippen LogP contribution in [0.1, 0.15) is 44.1 Å². The Morgan fingerprint density at radius 3 is 2.52 bits per heavy atom. The van der Waals surface area contributed by atoms with Crippen LogP contribution in [0, 0.1) is 11.8 Å². The van der Waals surface area contributed by atoms with Gasteiger partial charge < -0.3 is 15.4 Å². The third kappa shape index (κ3) is 5.98. The van der Waals surface area contributed by atoms with E-state index in [1.54, 1.807) is 0 Å². The SMILES string of the molecule is Cl.NC1CCCC(C(=O)N(Cc2ccccc2)CC2CCOCC2)C1. The summed E-state index contributed by atoms with van der Waals surface area (Å²) in [5.41, 5.74) is 7.32. The van der Waals surface area contributed by atoms with E-state index < -0.39 is 0 Å². The molecule has 0 spiro atoms.